The standard InChI is InChI=1S/C11H19NO3/c1-10(2,3)11(12-9(14)15)6-4-8(13)5-7-11/h12H,4-7H2,1-3H3,(H,14,15). The van der Waals surface area contributed by atoms with E-state index in [2.05, 4.69) is 5.32 Å². The number of hydrogen-bond donors (Lipinski definition) is 2. The summed E-state index contributed by atoms with van der Waals surface area (Å²) in [5, 5.41) is 11.5. The molecule has 0 aromatic rings. The third-order valence-electron chi connectivity index (χ3n) is 3.44. The second kappa shape index (κ2) is 3.83. The van der Waals surface area contributed by atoms with Crippen LogP contribution in [0.15, 0.2) is 0 Å². The molecule has 0 atom stereocenters. The maximum atomic E-state index is 11.2. The molecule has 4 heteroatoms. The summed E-state index contributed by atoms with van der Waals surface area (Å²) in [6, 6.07) is 0. The van der Waals surface area contributed by atoms with E-state index < -0.39 is 11.6 Å². The number of rotatable bonds is 1. The molecular weight excluding hydrogens is 194 g/mol. The largest absolute Gasteiger partial charge is 0.465 e. The van der Waals surface area contributed by atoms with Crippen molar-refractivity contribution in [2.24, 2.45) is 5.41 Å². The van der Waals surface area contributed by atoms with E-state index in [0.29, 0.717) is 25.7 Å². The highest BCUT2D eigenvalue weighted by Gasteiger charge is 2.45. The van der Waals surface area contributed by atoms with Gasteiger partial charge in [0.25, 0.3) is 0 Å². The van der Waals surface area contributed by atoms with Gasteiger partial charge in [0.05, 0.1) is 0 Å². The monoisotopic (exact) mass is 213 g/mol. The molecule has 0 heterocycles. The molecule has 0 bridgehead atoms. The van der Waals surface area contributed by atoms with Gasteiger partial charge in [0.15, 0.2) is 0 Å². The molecule has 0 radical (unpaired) electrons. The van der Waals surface area contributed by atoms with E-state index in [1.807, 2.05) is 20.8 Å². The molecule has 0 aromatic carbocycles. The quantitative estimate of drug-likeness (QED) is 0.701. The molecule has 2 N–H and O–H groups in total. The molecule has 86 valence electrons. The first kappa shape index (κ1) is 12.0. The fraction of sp³-hybridized carbons (Fsp3) is 0.818. The highest BCUT2D eigenvalue weighted by molar-refractivity contribution is 5.80. The lowest BCUT2D eigenvalue weighted by molar-refractivity contribution is -0.122. The predicted octanol–water partition coefficient (Wildman–Crippen LogP) is 2.18. The maximum absolute atomic E-state index is 11.2. The first-order valence-corrected chi connectivity index (χ1v) is 5.30. The minimum absolute atomic E-state index is 0.161. The van der Waals surface area contributed by atoms with Crippen molar-refractivity contribution in [2.45, 2.75) is 52.0 Å². The average Bonchev–Trinajstić information content (AvgIpc) is 2.06. The molecule has 1 aliphatic rings. The lowest BCUT2D eigenvalue weighted by atomic mass is 9.65. The van der Waals surface area contributed by atoms with Crippen LogP contribution in [0.3, 0.4) is 0 Å². The molecule has 1 amide bonds. The van der Waals surface area contributed by atoms with Gasteiger partial charge < -0.3 is 10.4 Å². The smallest absolute Gasteiger partial charge is 0.405 e. The lowest BCUT2D eigenvalue weighted by Gasteiger charge is -2.46. The van der Waals surface area contributed by atoms with E-state index in [-0.39, 0.29) is 11.2 Å². The van der Waals surface area contributed by atoms with Crippen molar-refractivity contribution >= 4 is 11.9 Å². The van der Waals surface area contributed by atoms with Crippen LogP contribution in [0.4, 0.5) is 4.79 Å². The van der Waals surface area contributed by atoms with Gasteiger partial charge in [0.1, 0.15) is 5.78 Å². The number of nitrogens with one attached hydrogen (secondary N) is 1. The van der Waals surface area contributed by atoms with Crippen molar-refractivity contribution in [1.29, 1.82) is 0 Å². The van der Waals surface area contributed by atoms with E-state index in [1.54, 1.807) is 0 Å². The lowest BCUT2D eigenvalue weighted by Crippen LogP contribution is -2.58. The van der Waals surface area contributed by atoms with Gasteiger partial charge in [-0.25, -0.2) is 4.79 Å². The summed E-state index contributed by atoms with van der Waals surface area (Å²) in [5.41, 5.74) is -0.612. The third-order valence-corrected chi connectivity index (χ3v) is 3.44. The second-order valence-electron chi connectivity index (χ2n) is 5.30. The predicted molar refractivity (Wildman–Crippen MR) is 56.8 cm³/mol. The van der Waals surface area contributed by atoms with E-state index in [0.717, 1.165) is 0 Å². The van der Waals surface area contributed by atoms with Crippen molar-refractivity contribution < 1.29 is 14.7 Å². The number of carbonyl (C=O) groups is 2. The number of carboxylic acid groups (broad SMARTS) is 1. The topological polar surface area (TPSA) is 66.4 Å². The molecule has 0 aromatic heterocycles. The van der Waals surface area contributed by atoms with Crippen molar-refractivity contribution in [2.75, 3.05) is 0 Å². The molecule has 1 saturated carbocycles. The van der Waals surface area contributed by atoms with Crippen LogP contribution < -0.4 is 5.32 Å². The first-order valence-electron chi connectivity index (χ1n) is 5.30. The second-order valence-corrected chi connectivity index (χ2v) is 5.30. The summed E-state index contributed by atoms with van der Waals surface area (Å²) < 4.78 is 0. The summed E-state index contributed by atoms with van der Waals surface area (Å²) in [6.45, 7) is 6.04. The van der Waals surface area contributed by atoms with Crippen molar-refractivity contribution in [3.8, 4) is 0 Å². The highest BCUT2D eigenvalue weighted by atomic mass is 16.4. The Morgan fingerprint density at radius 1 is 1.33 bits per heavy atom. The van der Waals surface area contributed by atoms with E-state index in [1.165, 1.54) is 0 Å². The molecule has 0 aliphatic heterocycles. The molecular formula is C11H19NO3. The molecule has 4 nitrogen and oxygen atoms in total. The summed E-state index contributed by atoms with van der Waals surface area (Å²) in [6.07, 6.45) is 1.19. The fourth-order valence-electron chi connectivity index (χ4n) is 2.22. The SMILES string of the molecule is CC(C)(C)C1(NC(=O)O)CCC(=O)CC1. The average molecular weight is 213 g/mol. The molecule has 0 unspecified atom stereocenters. The Hall–Kier alpha value is -1.06. The Labute approximate surface area is 90.0 Å². The Bertz CT molecular complexity index is 268. The fourth-order valence-corrected chi connectivity index (χ4v) is 2.22. The summed E-state index contributed by atoms with van der Waals surface area (Å²) in [7, 11) is 0. The van der Waals surface area contributed by atoms with Gasteiger partial charge in [0, 0.05) is 18.4 Å². The van der Waals surface area contributed by atoms with Crippen molar-refractivity contribution in [3.63, 3.8) is 0 Å². The molecule has 1 aliphatic carbocycles. The summed E-state index contributed by atoms with van der Waals surface area (Å²) >= 11 is 0. The van der Waals surface area contributed by atoms with Crippen molar-refractivity contribution in [3.05, 3.63) is 0 Å². The third kappa shape index (κ3) is 2.49. The van der Waals surface area contributed by atoms with Gasteiger partial charge in [-0.05, 0) is 18.3 Å². The Morgan fingerprint density at radius 3 is 2.13 bits per heavy atom. The normalized spacial score (nSPS) is 21.1. The van der Waals surface area contributed by atoms with Gasteiger partial charge in [0.2, 0.25) is 0 Å². The molecule has 0 spiro atoms. The van der Waals surface area contributed by atoms with Crippen LogP contribution in [0.2, 0.25) is 0 Å². The Kier molecular flexibility index (Phi) is 3.07. The zero-order valence-corrected chi connectivity index (χ0v) is 9.59. The van der Waals surface area contributed by atoms with Gasteiger partial charge in [-0.2, -0.15) is 0 Å². The zero-order valence-electron chi connectivity index (χ0n) is 9.59. The van der Waals surface area contributed by atoms with Gasteiger partial charge in [-0.1, -0.05) is 20.8 Å². The van der Waals surface area contributed by atoms with E-state index >= 15 is 0 Å². The van der Waals surface area contributed by atoms with Crippen LogP contribution in [0.25, 0.3) is 0 Å². The van der Waals surface area contributed by atoms with Crippen LogP contribution in [0.1, 0.15) is 46.5 Å². The molecule has 1 fully saturated rings. The minimum atomic E-state index is -1.00. The zero-order chi connectivity index (χ0) is 11.7. The molecule has 0 saturated heterocycles. The number of hydrogen-bond acceptors (Lipinski definition) is 2. The molecule has 1 rings (SSSR count). The van der Waals surface area contributed by atoms with E-state index in [4.69, 9.17) is 5.11 Å². The van der Waals surface area contributed by atoms with Crippen LogP contribution >= 0.6 is 0 Å². The van der Waals surface area contributed by atoms with E-state index in [9.17, 15) is 9.59 Å². The Balaban J connectivity index is 2.87. The Morgan fingerprint density at radius 2 is 1.80 bits per heavy atom. The highest BCUT2D eigenvalue weighted by Crippen LogP contribution is 2.40. The molecule has 15 heavy (non-hydrogen) atoms. The number of carbonyl (C=O) groups excluding carboxylic acids is 1. The summed E-state index contributed by atoms with van der Waals surface area (Å²) in [4.78, 5) is 22.0. The van der Waals surface area contributed by atoms with Crippen LogP contribution in [-0.2, 0) is 4.79 Å². The minimum Gasteiger partial charge on any atom is -0.465 e. The summed E-state index contributed by atoms with van der Waals surface area (Å²) in [5.74, 6) is 0.238. The van der Waals surface area contributed by atoms with Crippen LogP contribution in [0.5, 0.6) is 0 Å². The number of Topliss-reactive ketones (excluding diaryl/α,β-unsaturated/α-hetero) is 1. The van der Waals surface area contributed by atoms with Gasteiger partial charge in [-0.3, -0.25) is 4.79 Å². The van der Waals surface area contributed by atoms with Gasteiger partial charge in [-0.15, -0.1) is 0 Å². The number of ketones is 1. The maximum Gasteiger partial charge on any atom is 0.405 e. The van der Waals surface area contributed by atoms with Crippen LogP contribution in [0, 0.1) is 5.41 Å². The van der Waals surface area contributed by atoms with Crippen molar-refractivity contribution in [1.82, 2.24) is 5.32 Å². The van der Waals surface area contributed by atoms with Crippen LogP contribution in [-0.4, -0.2) is 22.5 Å². The first-order chi connectivity index (χ1) is 6.77. The number of amides is 1. The van der Waals surface area contributed by atoms with Gasteiger partial charge >= 0.3 is 6.09 Å².